The van der Waals surface area contributed by atoms with Crippen molar-refractivity contribution in [1.29, 1.82) is 0 Å². The number of ether oxygens (including phenoxy) is 1. The van der Waals surface area contributed by atoms with Crippen LogP contribution in [-0.2, 0) is 0 Å². The van der Waals surface area contributed by atoms with Crippen LogP contribution in [0.5, 0.6) is 5.75 Å². The van der Waals surface area contributed by atoms with E-state index in [4.69, 9.17) is 16.3 Å². The van der Waals surface area contributed by atoms with Crippen LogP contribution in [0.25, 0.3) is 0 Å². The topological polar surface area (TPSA) is 9.23 Å². The zero-order valence-electron chi connectivity index (χ0n) is 9.79. The standard InChI is InChI=1S/C14H19ClO/c1-2-5-12(15)9-8-11-10-16-14-7-4-3-6-13(11)14/h3-4,6-7,11-12H,2,5,8-10H2,1H3. The van der Waals surface area contributed by atoms with E-state index in [2.05, 4.69) is 25.1 Å². The predicted molar refractivity (Wildman–Crippen MR) is 68.5 cm³/mol. The van der Waals surface area contributed by atoms with Crippen LogP contribution in [0, 0.1) is 0 Å². The lowest BCUT2D eigenvalue weighted by molar-refractivity contribution is 0.322. The van der Waals surface area contributed by atoms with Crippen molar-refractivity contribution in [3.05, 3.63) is 29.8 Å². The van der Waals surface area contributed by atoms with E-state index in [1.165, 1.54) is 12.0 Å². The number of rotatable bonds is 5. The Balaban J connectivity index is 1.88. The molecule has 1 heterocycles. The molecule has 0 bridgehead atoms. The van der Waals surface area contributed by atoms with Gasteiger partial charge in [-0.2, -0.15) is 0 Å². The summed E-state index contributed by atoms with van der Waals surface area (Å²) in [5.74, 6) is 1.61. The molecule has 88 valence electrons. The van der Waals surface area contributed by atoms with Crippen LogP contribution >= 0.6 is 11.6 Å². The first-order valence-corrected chi connectivity index (χ1v) is 6.60. The number of para-hydroxylation sites is 1. The molecule has 0 N–H and O–H groups in total. The summed E-state index contributed by atoms with van der Waals surface area (Å²) < 4.78 is 5.66. The molecule has 0 fully saturated rings. The van der Waals surface area contributed by atoms with Crippen molar-refractivity contribution in [2.75, 3.05) is 6.61 Å². The summed E-state index contributed by atoms with van der Waals surface area (Å²) in [5.41, 5.74) is 1.36. The van der Waals surface area contributed by atoms with Crippen LogP contribution in [0.1, 0.15) is 44.1 Å². The highest BCUT2D eigenvalue weighted by Crippen LogP contribution is 2.36. The molecular weight excluding hydrogens is 220 g/mol. The van der Waals surface area contributed by atoms with Gasteiger partial charge in [-0.25, -0.2) is 0 Å². The monoisotopic (exact) mass is 238 g/mol. The van der Waals surface area contributed by atoms with E-state index < -0.39 is 0 Å². The van der Waals surface area contributed by atoms with E-state index >= 15 is 0 Å². The molecule has 1 aliphatic rings. The van der Waals surface area contributed by atoms with E-state index in [1.54, 1.807) is 0 Å². The second-order valence-corrected chi connectivity index (χ2v) is 5.13. The van der Waals surface area contributed by atoms with Crippen molar-refractivity contribution in [2.45, 2.75) is 43.9 Å². The quantitative estimate of drug-likeness (QED) is 0.693. The highest BCUT2D eigenvalue weighted by atomic mass is 35.5. The molecule has 0 saturated carbocycles. The zero-order valence-corrected chi connectivity index (χ0v) is 10.5. The molecule has 2 heteroatoms. The zero-order chi connectivity index (χ0) is 11.4. The number of hydrogen-bond acceptors (Lipinski definition) is 1. The van der Waals surface area contributed by atoms with Gasteiger partial charge in [0.05, 0.1) is 6.61 Å². The van der Waals surface area contributed by atoms with Gasteiger partial charge in [0.2, 0.25) is 0 Å². The predicted octanol–water partition coefficient (Wildman–Crippen LogP) is 4.35. The first-order chi connectivity index (χ1) is 7.81. The van der Waals surface area contributed by atoms with Crippen LogP contribution in [-0.4, -0.2) is 12.0 Å². The minimum Gasteiger partial charge on any atom is -0.493 e. The molecule has 1 aromatic carbocycles. The van der Waals surface area contributed by atoms with Gasteiger partial charge in [0.25, 0.3) is 0 Å². The average Bonchev–Trinajstić information content (AvgIpc) is 2.70. The number of benzene rings is 1. The minimum absolute atomic E-state index is 0.331. The third kappa shape index (κ3) is 2.70. The lowest BCUT2D eigenvalue weighted by Gasteiger charge is -2.11. The fourth-order valence-electron chi connectivity index (χ4n) is 2.31. The van der Waals surface area contributed by atoms with Crippen molar-refractivity contribution in [3.63, 3.8) is 0 Å². The molecular formula is C14H19ClO. The second kappa shape index (κ2) is 5.58. The third-order valence-electron chi connectivity index (χ3n) is 3.23. The van der Waals surface area contributed by atoms with Crippen molar-refractivity contribution in [1.82, 2.24) is 0 Å². The molecule has 1 nitrogen and oxygen atoms in total. The minimum atomic E-state index is 0.331. The van der Waals surface area contributed by atoms with Crippen LogP contribution in [0.4, 0.5) is 0 Å². The summed E-state index contributed by atoms with van der Waals surface area (Å²) in [6, 6.07) is 8.35. The largest absolute Gasteiger partial charge is 0.493 e. The molecule has 2 rings (SSSR count). The number of halogens is 1. The molecule has 0 aliphatic carbocycles. The highest BCUT2D eigenvalue weighted by molar-refractivity contribution is 6.20. The highest BCUT2D eigenvalue weighted by Gasteiger charge is 2.23. The van der Waals surface area contributed by atoms with E-state index in [0.717, 1.165) is 31.6 Å². The van der Waals surface area contributed by atoms with E-state index in [1.807, 2.05) is 6.07 Å². The summed E-state index contributed by atoms with van der Waals surface area (Å²) in [5, 5.41) is 0.331. The summed E-state index contributed by atoms with van der Waals surface area (Å²) >= 11 is 6.25. The number of hydrogen-bond donors (Lipinski definition) is 0. The Labute approximate surface area is 103 Å². The van der Waals surface area contributed by atoms with Crippen LogP contribution < -0.4 is 4.74 Å². The van der Waals surface area contributed by atoms with Gasteiger partial charge in [-0.3, -0.25) is 0 Å². The maximum absolute atomic E-state index is 6.25. The lowest BCUT2D eigenvalue weighted by atomic mass is 9.95. The summed E-state index contributed by atoms with van der Waals surface area (Å²) in [4.78, 5) is 0. The molecule has 0 saturated heterocycles. The molecule has 0 radical (unpaired) electrons. The van der Waals surface area contributed by atoms with Crippen molar-refractivity contribution >= 4 is 11.6 Å². The van der Waals surface area contributed by atoms with Crippen molar-refractivity contribution < 1.29 is 4.74 Å². The van der Waals surface area contributed by atoms with Gasteiger partial charge in [-0.05, 0) is 25.3 Å². The van der Waals surface area contributed by atoms with Gasteiger partial charge in [0.15, 0.2) is 0 Å². The molecule has 1 aliphatic heterocycles. The van der Waals surface area contributed by atoms with Crippen molar-refractivity contribution in [2.24, 2.45) is 0 Å². The fourth-order valence-corrected chi connectivity index (χ4v) is 2.65. The lowest BCUT2D eigenvalue weighted by Crippen LogP contribution is -2.05. The first kappa shape index (κ1) is 11.8. The molecule has 16 heavy (non-hydrogen) atoms. The SMILES string of the molecule is CCCC(Cl)CCC1COc2ccccc21. The number of alkyl halides is 1. The average molecular weight is 239 g/mol. The third-order valence-corrected chi connectivity index (χ3v) is 3.67. The van der Waals surface area contributed by atoms with Gasteiger partial charge in [-0.1, -0.05) is 31.5 Å². The Morgan fingerprint density at radius 3 is 3.00 bits per heavy atom. The van der Waals surface area contributed by atoms with Crippen molar-refractivity contribution in [3.8, 4) is 5.75 Å². The maximum atomic E-state index is 6.25. The van der Waals surface area contributed by atoms with Gasteiger partial charge >= 0.3 is 0 Å². The van der Waals surface area contributed by atoms with E-state index in [-0.39, 0.29) is 0 Å². The Morgan fingerprint density at radius 1 is 1.38 bits per heavy atom. The van der Waals surface area contributed by atoms with Gasteiger partial charge < -0.3 is 4.74 Å². The molecule has 0 aromatic heterocycles. The molecule has 0 spiro atoms. The normalized spacial score (nSPS) is 20.2. The van der Waals surface area contributed by atoms with E-state index in [9.17, 15) is 0 Å². The fraction of sp³-hybridized carbons (Fsp3) is 0.571. The van der Waals surface area contributed by atoms with Gasteiger partial charge in [0, 0.05) is 16.9 Å². The second-order valence-electron chi connectivity index (χ2n) is 4.51. The Morgan fingerprint density at radius 2 is 2.19 bits per heavy atom. The summed E-state index contributed by atoms with van der Waals surface area (Å²) in [6.45, 7) is 3.01. The first-order valence-electron chi connectivity index (χ1n) is 6.17. The molecule has 1 aromatic rings. The van der Waals surface area contributed by atoms with Crippen LogP contribution in [0.3, 0.4) is 0 Å². The maximum Gasteiger partial charge on any atom is 0.122 e. The Kier molecular flexibility index (Phi) is 4.11. The van der Waals surface area contributed by atoms with Gasteiger partial charge in [0.1, 0.15) is 5.75 Å². The Hall–Kier alpha value is -0.690. The Bertz CT molecular complexity index is 337. The molecule has 0 amide bonds. The van der Waals surface area contributed by atoms with Crippen LogP contribution in [0.2, 0.25) is 0 Å². The summed E-state index contributed by atoms with van der Waals surface area (Å²) in [7, 11) is 0. The number of fused-ring (bicyclic) bond motifs is 1. The van der Waals surface area contributed by atoms with E-state index in [0.29, 0.717) is 11.3 Å². The van der Waals surface area contributed by atoms with Crippen LogP contribution in [0.15, 0.2) is 24.3 Å². The smallest absolute Gasteiger partial charge is 0.122 e. The molecule has 2 unspecified atom stereocenters. The van der Waals surface area contributed by atoms with Gasteiger partial charge in [-0.15, -0.1) is 11.6 Å². The molecule has 2 atom stereocenters. The summed E-state index contributed by atoms with van der Waals surface area (Å²) in [6.07, 6.45) is 4.53.